The van der Waals surface area contributed by atoms with Crippen LogP contribution in [0.15, 0.2) is 24.5 Å². The molecule has 0 aliphatic heterocycles. The Balaban J connectivity index is 1.78. The van der Waals surface area contributed by atoms with E-state index in [4.69, 9.17) is 0 Å². The van der Waals surface area contributed by atoms with Crippen LogP contribution in [0, 0.1) is 12.7 Å². The third kappa shape index (κ3) is 3.35. The van der Waals surface area contributed by atoms with E-state index in [0.717, 1.165) is 36.5 Å². The second kappa shape index (κ2) is 5.54. The van der Waals surface area contributed by atoms with Crippen LogP contribution in [0.1, 0.15) is 17.0 Å². The molecule has 17 heavy (non-hydrogen) atoms. The number of aromatic nitrogens is 3. The number of hydrogen-bond acceptors (Lipinski definition) is 3. The molecule has 2 N–H and O–H groups in total. The smallest absolute Gasteiger partial charge is 0.137 e. The van der Waals surface area contributed by atoms with Gasteiger partial charge in [0.25, 0.3) is 0 Å². The van der Waals surface area contributed by atoms with Crippen LogP contribution in [0.5, 0.6) is 0 Å². The number of aromatic amines is 1. The van der Waals surface area contributed by atoms with Crippen LogP contribution in [0.25, 0.3) is 0 Å². The lowest BCUT2D eigenvalue weighted by atomic mass is 10.1. The maximum atomic E-state index is 12.9. The monoisotopic (exact) mass is 234 g/mol. The highest BCUT2D eigenvalue weighted by Gasteiger charge is 2.00. The van der Waals surface area contributed by atoms with Crippen LogP contribution in [0.4, 0.5) is 4.39 Å². The number of nitrogens with one attached hydrogen (secondary N) is 2. The summed E-state index contributed by atoms with van der Waals surface area (Å²) in [6.07, 6.45) is 2.31. The van der Waals surface area contributed by atoms with Gasteiger partial charge in [-0.1, -0.05) is 6.07 Å². The highest BCUT2D eigenvalue weighted by atomic mass is 19.1. The van der Waals surface area contributed by atoms with Crippen LogP contribution in [0.2, 0.25) is 0 Å². The Morgan fingerprint density at radius 2 is 2.29 bits per heavy atom. The van der Waals surface area contributed by atoms with E-state index in [1.807, 2.05) is 13.0 Å². The minimum Gasteiger partial charge on any atom is -0.312 e. The van der Waals surface area contributed by atoms with Gasteiger partial charge in [0.1, 0.15) is 18.0 Å². The molecule has 4 nitrogen and oxygen atoms in total. The molecular weight excluding hydrogens is 219 g/mol. The van der Waals surface area contributed by atoms with Crippen LogP contribution in [-0.4, -0.2) is 21.7 Å². The zero-order chi connectivity index (χ0) is 12.1. The minimum atomic E-state index is -0.187. The van der Waals surface area contributed by atoms with Gasteiger partial charge in [0, 0.05) is 19.5 Å². The minimum absolute atomic E-state index is 0.187. The molecule has 0 amide bonds. The number of benzene rings is 1. The molecule has 90 valence electrons. The van der Waals surface area contributed by atoms with Crippen LogP contribution < -0.4 is 5.32 Å². The lowest BCUT2D eigenvalue weighted by Gasteiger charge is -2.07. The molecule has 0 aliphatic carbocycles. The number of hydrogen-bond donors (Lipinski definition) is 2. The third-order valence-electron chi connectivity index (χ3n) is 2.62. The van der Waals surface area contributed by atoms with Crippen molar-refractivity contribution >= 4 is 0 Å². The SMILES string of the molecule is Cc1cc(F)ccc1CNCCc1ncn[nH]1. The predicted molar refractivity (Wildman–Crippen MR) is 62.9 cm³/mol. The first kappa shape index (κ1) is 11.7. The quantitative estimate of drug-likeness (QED) is 0.772. The highest BCUT2D eigenvalue weighted by Crippen LogP contribution is 2.09. The Hall–Kier alpha value is -1.75. The van der Waals surface area contributed by atoms with E-state index >= 15 is 0 Å². The van der Waals surface area contributed by atoms with Crippen molar-refractivity contribution in [1.82, 2.24) is 20.5 Å². The van der Waals surface area contributed by atoms with E-state index in [-0.39, 0.29) is 5.82 Å². The molecule has 0 bridgehead atoms. The summed E-state index contributed by atoms with van der Waals surface area (Å²) in [5.74, 6) is 0.682. The summed E-state index contributed by atoms with van der Waals surface area (Å²) < 4.78 is 12.9. The molecule has 1 aromatic heterocycles. The van der Waals surface area contributed by atoms with Crippen molar-refractivity contribution in [3.05, 3.63) is 47.3 Å². The lowest BCUT2D eigenvalue weighted by Crippen LogP contribution is -2.17. The molecule has 0 aliphatic rings. The summed E-state index contributed by atoms with van der Waals surface area (Å²) >= 11 is 0. The van der Waals surface area contributed by atoms with Crippen molar-refractivity contribution in [1.29, 1.82) is 0 Å². The Labute approximate surface area is 99.3 Å². The molecule has 1 aromatic carbocycles. The molecule has 5 heteroatoms. The summed E-state index contributed by atoms with van der Waals surface area (Å²) in [5, 5.41) is 9.87. The molecule has 0 fully saturated rings. The first-order valence-corrected chi connectivity index (χ1v) is 5.55. The normalized spacial score (nSPS) is 10.7. The van der Waals surface area contributed by atoms with Crippen LogP contribution >= 0.6 is 0 Å². The van der Waals surface area contributed by atoms with Crippen molar-refractivity contribution < 1.29 is 4.39 Å². The molecule has 0 saturated heterocycles. The van der Waals surface area contributed by atoms with E-state index in [9.17, 15) is 4.39 Å². The zero-order valence-corrected chi connectivity index (χ0v) is 9.70. The number of nitrogens with zero attached hydrogens (tertiary/aromatic N) is 2. The van der Waals surface area contributed by atoms with Gasteiger partial charge in [0.05, 0.1) is 0 Å². The fraction of sp³-hybridized carbons (Fsp3) is 0.333. The van der Waals surface area contributed by atoms with Gasteiger partial charge < -0.3 is 5.32 Å². The second-order valence-electron chi connectivity index (χ2n) is 3.93. The Morgan fingerprint density at radius 3 is 3.00 bits per heavy atom. The van der Waals surface area contributed by atoms with Gasteiger partial charge in [0.2, 0.25) is 0 Å². The average Bonchev–Trinajstić information content (AvgIpc) is 2.79. The van der Waals surface area contributed by atoms with Crippen molar-refractivity contribution in [2.45, 2.75) is 19.9 Å². The van der Waals surface area contributed by atoms with Crippen molar-refractivity contribution in [2.24, 2.45) is 0 Å². The van der Waals surface area contributed by atoms with E-state index in [2.05, 4.69) is 20.5 Å². The van der Waals surface area contributed by atoms with Gasteiger partial charge in [-0.05, 0) is 30.2 Å². The number of aryl methyl sites for hydroxylation is 1. The van der Waals surface area contributed by atoms with Crippen LogP contribution in [-0.2, 0) is 13.0 Å². The molecule has 0 radical (unpaired) electrons. The fourth-order valence-corrected chi connectivity index (χ4v) is 1.64. The number of H-pyrrole nitrogens is 1. The average molecular weight is 234 g/mol. The van der Waals surface area contributed by atoms with E-state index in [1.54, 1.807) is 6.07 Å². The fourth-order valence-electron chi connectivity index (χ4n) is 1.64. The molecule has 1 heterocycles. The van der Waals surface area contributed by atoms with Gasteiger partial charge in [-0.3, -0.25) is 5.10 Å². The van der Waals surface area contributed by atoms with Gasteiger partial charge in [-0.15, -0.1) is 0 Å². The molecule has 2 rings (SSSR count). The first-order chi connectivity index (χ1) is 8.25. The molecular formula is C12H15FN4. The molecule has 2 aromatic rings. The maximum absolute atomic E-state index is 12.9. The van der Waals surface area contributed by atoms with E-state index < -0.39 is 0 Å². The summed E-state index contributed by atoms with van der Waals surface area (Å²) in [5.41, 5.74) is 2.08. The van der Waals surface area contributed by atoms with Crippen molar-refractivity contribution in [2.75, 3.05) is 6.54 Å². The summed E-state index contributed by atoms with van der Waals surface area (Å²) in [7, 11) is 0. The number of halogens is 1. The maximum Gasteiger partial charge on any atom is 0.137 e. The summed E-state index contributed by atoms with van der Waals surface area (Å²) in [6.45, 7) is 3.46. The predicted octanol–water partition coefficient (Wildman–Crippen LogP) is 1.58. The van der Waals surface area contributed by atoms with Crippen molar-refractivity contribution in [3.8, 4) is 0 Å². The van der Waals surface area contributed by atoms with E-state index in [1.165, 1.54) is 12.4 Å². The zero-order valence-electron chi connectivity index (χ0n) is 9.70. The highest BCUT2D eigenvalue weighted by molar-refractivity contribution is 5.26. The third-order valence-corrected chi connectivity index (χ3v) is 2.62. The second-order valence-corrected chi connectivity index (χ2v) is 3.93. The first-order valence-electron chi connectivity index (χ1n) is 5.55. The van der Waals surface area contributed by atoms with Gasteiger partial charge in [-0.25, -0.2) is 9.37 Å². The standard InChI is InChI=1S/C12H15FN4/c1-9-6-11(13)3-2-10(9)7-14-5-4-12-15-8-16-17-12/h2-3,6,8,14H,4-5,7H2,1H3,(H,15,16,17). The lowest BCUT2D eigenvalue weighted by molar-refractivity contribution is 0.622. The van der Waals surface area contributed by atoms with Gasteiger partial charge in [-0.2, -0.15) is 5.10 Å². The topological polar surface area (TPSA) is 53.6 Å². The largest absolute Gasteiger partial charge is 0.312 e. The molecule has 0 unspecified atom stereocenters. The Kier molecular flexibility index (Phi) is 3.82. The molecule has 0 spiro atoms. The number of rotatable bonds is 5. The van der Waals surface area contributed by atoms with Gasteiger partial charge >= 0.3 is 0 Å². The summed E-state index contributed by atoms with van der Waals surface area (Å²) in [4.78, 5) is 4.03. The van der Waals surface area contributed by atoms with E-state index in [0.29, 0.717) is 0 Å². The molecule has 0 saturated carbocycles. The molecule has 0 atom stereocenters. The van der Waals surface area contributed by atoms with Crippen LogP contribution in [0.3, 0.4) is 0 Å². The van der Waals surface area contributed by atoms with Gasteiger partial charge in [0.15, 0.2) is 0 Å². The van der Waals surface area contributed by atoms with Crippen molar-refractivity contribution in [3.63, 3.8) is 0 Å². The Bertz CT molecular complexity index is 467. The summed E-state index contributed by atoms with van der Waals surface area (Å²) in [6, 6.07) is 4.85. The Morgan fingerprint density at radius 1 is 1.41 bits per heavy atom.